The number of rotatable bonds is 3. The summed E-state index contributed by atoms with van der Waals surface area (Å²) in [5.41, 5.74) is 10.9. The van der Waals surface area contributed by atoms with Gasteiger partial charge < -0.3 is 26.3 Å². The van der Waals surface area contributed by atoms with Gasteiger partial charge in [0.1, 0.15) is 36.1 Å². The maximum Gasteiger partial charge on any atom is 0.200 e. The van der Waals surface area contributed by atoms with Crippen LogP contribution in [0, 0.1) is 21.4 Å². The summed E-state index contributed by atoms with van der Waals surface area (Å²) in [6, 6.07) is -0.912. The largest absolute Gasteiger partial charge is 0.387 e. The number of halogens is 1. The van der Waals surface area contributed by atoms with Crippen molar-refractivity contribution < 1.29 is 14.2 Å². The summed E-state index contributed by atoms with van der Waals surface area (Å²) in [5.74, 6) is 4.75. The van der Waals surface area contributed by atoms with Crippen LogP contribution in [0.15, 0.2) is 11.5 Å². The van der Waals surface area contributed by atoms with Crippen molar-refractivity contribution in [1.82, 2.24) is 19.5 Å². The summed E-state index contributed by atoms with van der Waals surface area (Å²) < 4.78 is 20.0. The zero-order valence-electron chi connectivity index (χ0n) is 13.6. The van der Waals surface area contributed by atoms with E-state index in [9.17, 15) is 14.4 Å². The van der Waals surface area contributed by atoms with Crippen LogP contribution in [-0.4, -0.2) is 55.1 Å². The molecule has 0 aromatic carbocycles. The van der Waals surface area contributed by atoms with E-state index in [0.29, 0.717) is 11.2 Å². The Balaban J connectivity index is 2.18. The van der Waals surface area contributed by atoms with Gasteiger partial charge in [-0.25, -0.2) is 14.4 Å². The quantitative estimate of drug-likeness (QED) is 0.332. The molecule has 6 N–H and O–H groups in total. The van der Waals surface area contributed by atoms with Crippen LogP contribution in [0.3, 0.4) is 0 Å². The average Bonchev–Trinajstić information content (AvgIpc) is 3.13. The second-order valence-corrected chi connectivity index (χ2v) is 6.28. The van der Waals surface area contributed by atoms with Crippen LogP contribution in [0.25, 0.3) is 11.2 Å². The number of nitrogens with one attached hydrogen (secondary N) is 1. The lowest BCUT2D eigenvalue weighted by Gasteiger charge is -2.28. The fraction of sp³-hybridized carbons (Fsp3) is 0.500. The second-order valence-electron chi connectivity index (χ2n) is 5.89. The SMILES string of the molecule is C[C@H](N=O)[C@H]1O[C@@H](n2cnc3c(=S)nc(N)[nH]c32)[C@@](N)(C#CCF)C1O. The molecule has 3 rings (SSSR count). The number of aliphatic hydroxyl groups excluding tert-OH is 1. The highest BCUT2D eigenvalue weighted by Gasteiger charge is 2.56. The average molecular weight is 381 g/mol. The number of anilines is 1. The van der Waals surface area contributed by atoms with E-state index in [1.54, 1.807) is 0 Å². The Bertz CT molecular complexity index is 967. The van der Waals surface area contributed by atoms with E-state index in [2.05, 4.69) is 32.0 Å². The molecule has 0 radical (unpaired) electrons. The minimum absolute atomic E-state index is 0.0414. The van der Waals surface area contributed by atoms with Gasteiger partial charge in [0, 0.05) is 0 Å². The summed E-state index contributed by atoms with van der Waals surface area (Å²) in [5, 5.41) is 13.5. The highest BCUT2D eigenvalue weighted by atomic mass is 32.1. The van der Waals surface area contributed by atoms with Crippen molar-refractivity contribution in [2.75, 3.05) is 12.4 Å². The Labute approximate surface area is 151 Å². The molecule has 1 aliphatic heterocycles. The number of aromatic amines is 1. The molecule has 12 heteroatoms. The minimum Gasteiger partial charge on any atom is -0.387 e. The topological polar surface area (TPSA) is 157 Å². The van der Waals surface area contributed by atoms with Crippen molar-refractivity contribution in [1.29, 1.82) is 0 Å². The van der Waals surface area contributed by atoms with E-state index in [4.69, 9.17) is 28.4 Å². The molecule has 2 aromatic rings. The Hall–Kier alpha value is -2.46. The lowest BCUT2D eigenvalue weighted by Crippen LogP contribution is -2.54. The van der Waals surface area contributed by atoms with Crippen molar-refractivity contribution in [2.45, 2.75) is 36.9 Å². The van der Waals surface area contributed by atoms with Gasteiger partial charge in [-0.15, -0.1) is 0 Å². The molecule has 1 unspecified atom stereocenters. The number of nitrogens with two attached hydrogens (primary N) is 2. The molecule has 0 aliphatic carbocycles. The van der Waals surface area contributed by atoms with Gasteiger partial charge in [0.2, 0.25) is 0 Å². The molecule has 0 saturated carbocycles. The predicted molar refractivity (Wildman–Crippen MR) is 93.0 cm³/mol. The number of ether oxygens (including phenoxy) is 1. The molecule has 1 saturated heterocycles. The number of fused-ring (bicyclic) bond motifs is 1. The third kappa shape index (κ3) is 2.74. The predicted octanol–water partition coefficient (Wildman–Crippen LogP) is 0.155. The highest BCUT2D eigenvalue weighted by molar-refractivity contribution is 7.71. The smallest absolute Gasteiger partial charge is 0.200 e. The molecule has 2 aromatic heterocycles. The Kier molecular flexibility index (Phi) is 4.72. The van der Waals surface area contributed by atoms with Gasteiger partial charge in [0.25, 0.3) is 0 Å². The van der Waals surface area contributed by atoms with Crippen molar-refractivity contribution in [3.63, 3.8) is 0 Å². The first kappa shape index (κ1) is 18.3. The van der Waals surface area contributed by atoms with E-state index in [-0.39, 0.29) is 10.6 Å². The summed E-state index contributed by atoms with van der Waals surface area (Å²) in [6.45, 7) is 0.502. The van der Waals surface area contributed by atoms with Gasteiger partial charge in [-0.3, -0.25) is 4.57 Å². The van der Waals surface area contributed by atoms with Gasteiger partial charge in [-0.1, -0.05) is 29.2 Å². The number of hydrogen-bond donors (Lipinski definition) is 4. The molecule has 5 atom stereocenters. The standard InChI is InChI=1S/C14H16FN7O3S/c1-6(21-24)8-9(23)14(17,3-2-4-15)12(25-8)22-5-18-7-10(22)19-13(16)20-11(7)26/h5-6,8-9,12,23H,4,17H2,1H3,(H3,16,19,20,26)/t6-,8+,9?,12+,14+/m0/s1. The number of H-pyrrole nitrogens is 1. The monoisotopic (exact) mass is 381 g/mol. The molecule has 3 heterocycles. The fourth-order valence-corrected chi connectivity index (χ4v) is 3.19. The molecule has 1 fully saturated rings. The third-order valence-electron chi connectivity index (χ3n) is 4.23. The Morgan fingerprint density at radius 3 is 3.08 bits per heavy atom. The molecule has 0 amide bonds. The molecular weight excluding hydrogens is 365 g/mol. The summed E-state index contributed by atoms with van der Waals surface area (Å²) in [7, 11) is 0. The first-order chi connectivity index (χ1) is 12.3. The number of aromatic nitrogens is 4. The summed E-state index contributed by atoms with van der Waals surface area (Å²) in [4.78, 5) is 21.8. The van der Waals surface area contributed by atoms with Crippen LogP contribution in [0.2, 0.25) is 0 Å². The van der Waals surface area contributed by atoms with Crippen molar-refractivity contribution in [2.24, 2.45) is 10.9 Å². The van der Waals surface area contributed by atoms with Crippen molar-refractivity contribution >= 4 is 29.3 Å². The molecule has 10 nitrogen and oxygen atoms in total. The zero-order chi connectivity index (χ0) is 19.1. The number of nitroso groups, excluding NO2 is 1. The molecule has 138 valence electrons. The van der Waals surface area contributed by atoms with Crippen LogP contribution in [0.4, 0.5) is 10.3 Å². The number of imidazole rings is 1. The van der Waals surface area contributed by atoms with E-state index in [1.807, 2.05) is 0 Å². The molecule has 0 bridgehead atoms. The van der Waals surface area contributed by atoms with Crippen LogP contribution < -0.4 is 11.5 Å². The van der Waals surface area contributed by atoms with Crippen LogP contribution >= 0.6 is 12.2 Å². The molecule has 26 heavy (non-hydrogen) atoms. The molecule has 1 aliphatic rings. The lowest BCUT2D eigenvalue weighted by atomic mass is 9.89. The first-order valence-electron chi connectivity index (χ1n) is 7.56. The lowest BCUT2D eigenvalue weighted by molar-refractivity contribution is -0.0289. The Morgan fingerprint density at radius 2 is 2.42 bits per heavy atom. The van der Waals surface area contributed by atoms with Crippen LogP contribution in [0.1, 0.15) is 13.2 Å². The normalized spacial score (nSPS) is 29.3. The maximum absolute atomic E-state index is 12.6. The minimum atomic E-state index is -1.73. The van der Waals surface area contributed by atoms with Crippen molar-refractivity contribution in [3.8, 4) is 11.8 Å². The number of nitrogen functional groups attached to an aromatic ring is 1. The van der Waals surface area contributed by atoms with Gasteiger partial charge >= 0.3 is 0 Å². The molecular formula is C14H16FN7O3S. The Morgan fingerprint density at radius 1 is 1.69 bits per heavy atom. The number of nitrogens with zero attached hydrogens (tertiary/aromatic N) is 4. The number of aliphatic hydroxyl groups is 1. The third-order valence-corrected chi connectivity index (χ3v) is 4.51. The zero-order valence-corrected chi connectivity index (χ0v) is 14.4. The fourth-order valence-electron chi connectivity index (χ4n) is 2.94. The van der Waals surface area contributed by atoms with E-state index in [0.717, 1.165) is 0 Å². The highest BCUT2D eigenvalue weighted by Crippen LogP contribution is 2.39. The van der Waals surface area contributed by atoms with Gasteiger partial charge in [0.05, 0.1) is 6.33 Å². The summed E-state index contributed by atoms with van der Waals surface area (Å²) in [6.07, 6.45) is -2.20. The molecule has 0 spiro atoms. The first-order valence-corrected chi connectivity index (χ1v) is 7.97. The van der Waals surface area contributed by atoms with Crippen molar-refractivity contribution in [3.05, 3.63) is 15.9 Å². The van der Waals surface area contributed by atoms with Gasteiger partial charge in [-0.2, -0.15) is 4.91 Å². The maximum atomic E-state index is 12.6. The van der Waals surface area contributed by atoms with Gasteiger partial charge in [-0.05, 0) is 6.92 Å². The second kappa shape index (κ2) is 6.69. The number of alkyl halides is 1. The van der Waals surface area contributed by atoms with E-state index in [1.165, 1.54) is 17.8 Å². The van der Waals surface area contributed by atoms with Crippen LogP contribution in [-0.2, 0) is 4.74 Å². The number of hydrogen-bond acceptors (Lipinski definition) is 9. The summed E-state index contributed by atoms with van der Waals surface area (Å²) >= 11 is 5.12. The van der Waals surface area contributed by atoms with Gasteiger partial charge in [0.15, 0.2) is 22.4 Å². The van der Waals surface area contributed by atoms with E-state index >= 15 is 0 Å². The van der Waals surface area contributed by atoms with E-state index < -0.39 is 36.7 Å². The van der Waals surface area contributed by atoms with Crippen LogP contribution in [0.5, 0.6) is 0 Å².